The highest BCUT2D eigenvalue weighted by atomic mass is 127. The molecule has 84 valence electrons. The molecule has 0 amide bonds. The zero-order chi connectivity index (χ0) is 11.4. The van der Waals surface area contributed by atoms with Crippen molar-refractivity contribution in [1.82, 2.24) is 0 Å². The Bertz CT molecular complexity index is 536. The Balaban J connectivity index is 1.99. The average molecular weight is 332 g/mol. The summed E-state index contributed by atoms with van der Waals surface area (Å²) in [6.45, 7) is 0. The van der Waals surface area contributed by atoms with Crippen LogP contribution in [0.3, 0.4) is 0 Å². The first kappa shape index (κ1) is 10.1. The molecule has 4 rings (SSSR count). The van der Waals surface area contributed by atoms with E-state index in [1.165, 1.54) is 17.5 Å². The molecule has 2 aliphatic carbocycles. The van der Waals surface area contributed by atoms with Crippen LogP contribution in [0.2, 0.25) is 0 Å². The Kier molecular flexibility index (Phi) is 2.13. The van der Waals surface area contributed by atoms with Crippen LogP contribution in [-0.2, 0) is 0 Å². The number of hydrogen-bond donors (Lipinski definition) is 0. The molecule has 0 spiro atoms. The van der Waals surface area contributed by atoms with E-state index in [0.717, 1.165) is 11.8 Å². The van der Waals surface area contributed by atoms with Crippen LogP contribution in [0.25, 0.3) is 0 Å². The molecule has 0 N–H and O–H groups in total. The van der Waals surface area contributed by atoms with Crippen molar-refractivity contribution in [2.45, 2.75) is 22.2 Å². The fraction of sp³-hybridized carbons (Fsp3) is 0.250. The average Bonchev–Trinajstić information content (AvgIpc) is 3.18. The molecular formula is C16H13I. The molecule has 0 aromatic heterocycles. The molecule has 2 aromatic carbocycles. The fourth-order valence-corrected chi connectivity index (χ4v) is 4.34. The van der Waals surface area contributed by atoms with E-state index in [2.05, 4.69) is 71.1 Å². The Hall–Kier alpha value is -0.830. The van der Waals surface area contributed by atoms with Crippen LogP contribution in [0.15, 0.2) is 48.5 Å². The van der Waals surface area contributed by atoms with E-state index in [1.54, 1.807) is 11.1 Å². The first-order chi connectivity index (χ1) is 8.36. The highest BCUT2D eigenvalue weighted by molar-refractivity contribution is 14.1. The van der Waals surface area contributed by atoms with E-state index in [1.807, 2.05) is 0 Å². The van der Waals surface area contributed by atoms with Crippen LogP contribution >= 0.6 is 22.6 Å². The quantitative estimate of drug-likeness (QED) is 0.480. The molecule has 0 saturated heterocycles. The van der Waals surface area contributed by atoms with E-state index < -0.39 is 0 Å². The smallest absolute Gasteiger partial charge is 0.0614 e. The van der Waals surface area contributed by atoms with Crippen LogP contribution in [0, 0.1) is 0 Å². The Morgan fingerprint density at radius 2 is 1.12 bits per heavy atom. The maximum absolute atomic E-state index is 2.60. The van der Waals surface area contributed by atoms with Crippen molar-refractivity contribution in [1.29, 1.82) is 0 Å². The largest absolute Gasteiger partial charge is 0.0722 e. The van der Waals surface area contributed by atoms with Crippen LogP contribution in [-0.4, -0.2) is 0 Å². The van der Waals surface area contributed by atoms with Crippen molar-refractivity contribution >= 4 is 22.6 Å². The lowest BCUT2D eigenvalue weighted by atomic mass is 9.98. The number of alkyl halides is 1. The van der Waals surface area contributed by atoms with Crippen molar-refractivity contribution < 1.29 is 0 Å². The zero-order valence-electron chi connectivity index (χ0n) is 9.44. The summed E-state index contributed by atoms with van der Waals surface area (Å²) in [5.74, 6) is 1.57. The highest BCUT2D eigenvalue weighted by Gasteiger charge is 2.44. The van der Waals surface area contributed by atoms with Crippen molar-refractivity contribution in [3.63, 3.8) is 0 Å². The van der Waals surface area contributed by atoms with Crippen molar-refractivity contribution in [2.75, 3.05) is 0 Å². The van der Waals surface area contributed by atoms with Gasteiger partial charge in [0.1, 0.15) is 0 Å². The molecule has 0 radical (unpaired) electrons. The molecule has 0 aliphatic heterocycles. The number of benzene rings is 2. The predicted octanol–water partition coefficient (Wildman–Crippen LogP) is 4.80. The standard InChI is InChI=1S/C16H13I/c17-16-12-7-3-1-5-10(12)14-9-15(14)11-6-2-4-8-13(11)16/h1-8,14-16H,9H2/t14-,15?,16?/m0/s1. The minimum Gasteiger partial charge on any atom is -0.0722 e. The number of halogens is 1. The molecule has 0 nitrogen and oxygen atoms in total. The van der Waals surface area contributed by atoms with Gasteiger partial charge in [0, 0.05) is 0 Å². The Morgan fingerprint density at radius 1 is 0.706 bits per heavy atom. The fourth-order valence-electron chi connectivity index (χ4n) is 3.21. The maximum atomic E-state index is 2.60. The van der Waals surface area contributed by atoms with Gasteiger partial charge in [-0.2, -0.15) is 0 Å². The summed E-state index contributed by atoms with van der Waals surface area (Å²) in [5.41, 5.74) is 6.25. The third-order valence-electron chi connectivity index (χ3n) is 4.13. The van der Waals surface area contributed by atoms with Crippen LogP contribution in [0.4, 0.5) is 0 Å². The normalized spacial score (nSPS) is 28.6. The first-order valence-electron chi connectivity index (χ1n) is 6.18. The van der Waals surface area contributed by atoms with Gasteiger partial charge in [0.25, 0.3) is 0 Å². The predicted molar refractivity (Wildman–Crippen MR) is 78.8 cm³/mol. The second kappa shape index (κ2) is 3.58. The lowest BCUT2D eigenvalue weighted by Crippen LogP contribution is -1.97. The number of hydrogen-bond acceptors (Lipinski definition) is 0. The van der Waals surface area contributed by atoms with E-state index in [-0.39, 0.29) is 0 Å². The van der Waals surface area contributed by atoms with Crippen molar-refractivity contribution in [3.05, 3.63) is 70.8 Å². The van der Waals surface area contributed by atoms with Gasteiger partial charge >= 0.3 is 0 Å². The van der Waals surface area contributed by atoms with Gasteiger partial charge < -0.3 is 0 Å². The molecular weight excluding hydrogens is 319 g/mol. The molecule has 2 aliphatic rings. The lowest BCUT2D eigenvalue weighted by Gasteiger charge is -2.15. The molecule has 0 heterocycles. The summed E-state index contributed by atoms with van der Waals surface area (Å²) in [6.07, 6.45) is 1.34. The third kappa shape index (κ3) is 1.41. The van der Waals surface area contributed by atoms with E-state index >= 15 is 0 Å². The van der Waals surface area contributed by atoms with Gasteiger partial charge in [-0.1, -0.05) is 71.1 Å². The van der Waals surface area contributed by atoms with E-state index in [9.17, 15) is 0 Å². The first-order valence-corrected chi connectivity index (χ1v) is 7.42. The number of fused-ring (bicyclic) bond motifs is 5. The topological polar surface area (TPSA) is 0 Å². The van der Waals surface area contributed by atoms with Gasteiger partial charge in [-0.15, -0.1) is 0 Å². The molecule has 1 fully saturated rings. The van der Waals surface area contributed by atoms with Crippen LogP contribution < -0.4 is 0 Å². The van der Waals surface area contributed by atoms with Crippen LogP contribution in [0.1, 0.15) is 44.4 Å². The molecule has 3 atom stereocenters. The SMILES string of the molecule is IC1c2ccccc2C2C[C@H]2c2ccccc21. The minimum atomic E-state index is 0.521. The summed E-state index contributed by atoms with van der Waals surface area (Å²) in [6, 6.07) is 18.0. The van der Waals surface area contributed by atoms with Gasteiger partial charge in [0.15, 0.2) is 0 Å². The van der Waals surface area contributed by atoms with E-state index in [0.29, 0.717) is 3.92 Å². The van der Waals surface area contributed by atoms with Crippen molar-refractivity contribution in [3.8, 4) is 0 Å². The van der Waals surface area contributed by atoms with Crippen LogP contribution in [0.5, 0.6) is 0 Å². The van der Waals surface area contributed by atoms with Gasteiger partial charge in [0.05, 0.1) is 3.92 Å². The van der Waals surface area contributed by atoms with E-state index in [4.69, 9.17) is 0 Å². The Morgan fingerprint density at radius 3 is 1.59 bits per heavy atom. The maximum Gasteiger partial charge on any atom is 0.0614 e. The Labute approximate surface area is 115 Å². The number of rotatable bonds is 0. The summed E-state index contributed by atoms with van der Waals surface area (Å²) >= 11 is 2.60. The minimum absolute atomic E-state index is 0.521. The molecule has 1 saturated carbocycles. The lowest BCUT2D eigenvalue weighted by molar-refractivity contribution is 1.03. The van der Waals surface area contributed by atoms with Gasteiger partial charge in [-0.25, -0.2) is 0 Å². The highest BCUT2D eigenvalue weighted by Crippen LogP contribution is 2.60. The molecule has 17 heavy (non-hydrogen) atoms. The molecule has 2 unspecified atom stereocenters. The summed E-state index contributed by atoms with van der Waals surface area (Å²) in [7, 11) is 0. The third-order valence-corrected chi connectivity index (χ3v) is 5.47. The molecule has 1 heteroatoms. The summed E-state index contributed by atoms with van der Waals surface area (Å²) < 4.78 is 0.521. The summed E-state index contributed by atoms with van der Waals surface area (Å²) in [5, 5.41) is 0. The van der Waals surface area contributed by atoms with Crippen molar-refractivity contribution in [2.24, 2.45) is 0 Å². The summed E-state index contributed by atoms with van der Waals surface area (Å²) in [4.78, 5) is 0. The molecule has 2 aromatic rings. The second-order valence-electron chi connectivity index (χ2n) is 5.07. The van der Waals surface area contributed by atoms with Gasteiger partial charge in [0.2, 0.25) is 0 Å². The van der Waals surface area contributed by atoms with Gasteiger partial charge in [-0.05, 0) is 40.5 Å². The monoisotopic (exact) mass is 332 g/mol. The second-order valence-corrected chi connectivity index (χ2v) is 6.31. The zero-order valence-corrected chi connectivity index (χ0v) is 11.6. The molecule has 0 bridgehead atoms. The van der Waals surface area contributed by atoms with Gasteiger partial charge in [-0.3, -0.25) is 0 Å².